The van der Waals surface area contributed by atoms with Gasteiger partial charge in [0.25, 0.3) is 0 Å². The van der Waals surface area contributed by atoms with Gasteiger partial charge in [-0.05, 0) is 72.7 Å². The average Bonchev–Trinajstić information content (AvgIpc) is 2.62. The second kappa shape index (κ2) is 10.8. The maximum atomic E-state index is 10.9. The summed E-state index contributed by atoms with van der Waals surface area (Å²) in [7, 11) is -4.04. The molecule has 0 atom stereocenters. The van der Waals surface area contributed by atoms with Crippen molar-refractivity contribution < 1.29 is 28.6 Å². The molecule has 0 aliphatic rings. The number of benzene rings is 2. The third-order valence-electron chi connectivity index (χ3n) is 4.39. The standard InChI is InChI=1S/C22H31O6P/c1-16(2)14-26-15-28-20-7-5-19(6-8-20)13-22-17(3)11-21(12-18(22)4)27-9-10-29(23,24)25/h5-8,11-12,16H,9-10,13-15H2,1-4H3,(H2,23,24,25). The van der Waals surface area contributed by atoms with Crippen LogP contribution < -0.4 is 9.47 Å². The van der Waals surface area contributed by atoms with Crippen molar-refractivity contribution in [2.24, 2.45) is 5.92 Å². The average molecular weight is 422 g/mol. The van der Waals surface area contributed by atoms with E-state index in [0.29, 0.717) is 18.3 Å². The molecule has 0 spiro atoms. The molecule has 29 heavy (non-hydrogen) atoms. The van der Waals surface area contributed by atoms with E-state index >= 15 is 0 Å². The summed E-state index contributed by atoms with van der Waals surface area (Å²) in [5, 5.41) is 0. The van der Waals surface area contributed by atoms with E-state index in [9.17, 15) is 4.57 Å². The van der Waals surface area contributed by atoms with Crippen LogP contribution in [-0.2, 0) is 15.7 Å². The Morgan fingerprint density at radius 1 is 0.966 bits per heavy atom. The molecular weight excluding hydrogens is 391 g/mol. The Morgan fingerprint density at radius 2 is 1.59 bits per heavy atom. The fourth-order valence-electron chi connectivity index (χ4n) is 2.90. The Bertz CT molecular complexity index is 803. The number of ether oxygens (including phenoxy) is 3. The van der Waals surface area contributed by atoms with Gasteiger partial charge in [0.15, 0.2) is 6.79 Å². The van der Waals surface area contributed by atoms with Crippen molar-refractivity contribution >= 4 is 7.60 Å². The van der Waals surface area contributed by atoms with Gasteiger partial charge in [-0.3, -0.25) is 4.57 Å². The van der Waals surface area contributed by atoms with E-state index in [2.05, 4.69) is 13.8 Å². The summed E-state index contributed by atoms with van der Waals surface area (Å²) >= 11 is 0. The minimum absolute atomic E-state index is 0.00908. The first-order valence-corrected chi connectivity index (χ1v) is 11.5. The normalized spacial score (nSPS) is 11.7. The summed E-state index contributed by atoms with van der Waals surface area (Å²) in [6.45, 7) is 9.14. The lowest BCUT2D eigenvalue weighted by Gasteiger charge is -2.14. The zero-order valence-electron chi connectivity index (χ0n) is 17.6. The van der Waals surface area contributed by atoms with Crippen molar-refractivity contribution in [2.45, 2.75) is 34.1 Å². The molecule has 0 saturated carbocycles. The van der Waals surface area contributed by atoms with Gasteiger partial charge in [0.05, 0.1) is 19.4 Å². The van der Waals surface area contributed by atoms with E-state index in [1.54, 1.807) is 0 Å². The van der Waals surface area contributed by atoms with Crippen LogP contribution >= 0.6 is 7.60 Å². The molecule has 0 fully saturated rings. The predicted molar refractivity (Wildman–Crippen MR) is 114 cm³/mol. The molecule has 2 rings (SSSR count). The molecule has 0 heterocycles. The first-order chi connectivity index (χ1) is 13.6. The molecule has 7 heteroatoms. The van der Waals surface area contributed by atoms with Gasteiger partial charge in [-0.1, -0.05) is 26.0 Å². The van der Waals surface area contributed by atoms with Crippen LogP contribution in [0.15, 0.2) is 36.4 Å². The van der Waals surface area contributed by atoms with E-state index in [1.165, 1.54) is 11.1 Å². The molecule has 2 aromatic rings. The summed E-state index contributed by atoms with van der Waals surface area (Å²) in [6.07, 6.45) is 0.494. The van der Waals surface area contributed by atoms with Gasteiger partial charge in [0, 0.05) is 0 Å². The lowest BCUT2D eigenvalue weighted by Crippen LogP contribution is -2.08. The van der Waals surface area contributed by atoms with Crippen LogP contribution in [0.3, 0.4) is 0 Å². The van der Waals surface area contributed by atoms with Crippen LogP contribution in [0, 0.1) is 19.8 Å². The zero-order valence-corrected chi connectivity index (χ0v) is 18.4. The van der Waals surface area contributed by atoms with Crippen LogP contribution in [0.4, 0.5) is 0 Å². The molecule has 0 aromatic heterocycles. The zero-order chi connectivity index (χ0) is 21.4. The van der Waals surface area contributed by atoms with Crippen LogP contribution in [0.2, 0.25) is 0 Å². The fourth-order valence-corrected chi connectivity index (χ4v) is 3.23. The first kappa shape index (κ1) is 23.4. The van der Waals surface area contributed by atoms with Crippen LogP contribution in [0.5, 0.6) is 11.5 Å². The van der Waals surface area contributed by atoms with Crippen molar-refractivity contribution in [2.75, 3.05) is 26.2 Å². The Balaban J connectivity index is 1.94. The summed E-state index contributed by atoms with van der Waals surface area (Å²) in [5.74, 6) is 1.89. The Morgan fingerprint density at radius 3 is 2.14 bits per heavy atom. The Hall–Kier alpha value is -1.85. The van der Waals surface area contributed by atoms with Crippen molar-refractivity contribution in [1.82, 2.24) is 0 Å². The van der Waals surface area contributed by atoms with Gasteiger partial charge >= 0.3 is 7.60 Å². The number of aryl methyl sites for hydroxylation is 2. The monoisotopic (exact) mass is 422 g/mol. The van der Waals surface area contributed by atoms with Crippen LogP contribution in [0.1, 0.15) is 36.1 Å². The third kappa shape index (κ3) is 8.58. The Kier molecular flexibility index (Phi) is 8.72. The minimum Gasteiger partial charge on any atom is -0.493 e. The van der Waals surface area contributed by atoms with Gasteiger partial charge in [0.2, 0.25) is 0 Å². The minimum atomic E-state index is -4.04. The molecule has 0 aliphatic carbocycles. The van der Waals surface area contributed by atoms with Gasteiger partial charge < -0.3 is 24.0 Å². The molecule has 6 nitrogen and oxygen atoms in total. The van der Waals surface area contributed by atoms with E-state index in [1.807, 2.05) is 50.2 Å². The predicted octanol–water partition coefficient (Wildman–Crippen LogP) is 4.46. The summed E-state index contributed by atoms with van der Waals surface area (Å²) in [6, 6.07) is 11.8. The maximum Gasteiger partial charge on any atom is 0.328 e. The first-order valence-electron chi connectivity index (χ1n) is 9.71. The molecule has 0 aliphatic heterocycles. The summed E-state index contributed by atoms with van der Waals surface area (Å²) in [5.41, 5.74) is 4.54. The molecular formula is C22H31O6P. The largest absolute Gasteiger partial charge is 0.493 e. The lowest BCUT2D eigenvalue weighted by molar-refractivity contribution is 0.00272. The van der Waals surface area contributed by atoms with Gasteiger partial charge in [-0.15, -0.1) is 0 Å². The highest BCUT2D eigenvalue weighted by Crippen LogP contribution is 2.34. The number of hydrogen-bond acceptors (Lipinski definition) is 4. The SMILES string of the molecule is Cc1cc(OCCP(=O)(O)O)cc(C)c1Cc1ccc(OCOCC(C)C)cc1. The van der Waals surface area contributed by atoms with Crippen molar-refractivity contribution in [1.29, 1.82) is 0 Å². The van der Waals surface area contributed by atoms with Crippen molar-refractivity contribution in [3.63, 3.8) is 0 Å². The summed E-state index contributed by atoms with van der Waals surface area (Å²) in [4.78, 5) is 17.9. The highest BCUT2D eigenvalue weighted by atomic mass is 31.2. The Labute approximate surface area is 173 Å². The van der Waals surface area contributed by atoms with Crippen molar-refractivity contribution in [3.8, 4) is 11.5 Å². The second-order valence-corrected chi connectivity index (χ2v) is 9.40. The molecule has 2 N–H and O–H groups in total. The molecule has 0 saturated heterocycles. The topological polar surface area (TPSA) is 85.2 Å². The second-order valence-electron chi connectivity index (χ2n) is 7.62. The van der Waals surface area contributed by atoms with E-state index in [0.717, 1.165) is 23.3 Å². The van der Waals surface area contributed by atoms with E-state index in [-0.39, 0.29) is 19.6 Å². The lowest BCUT2D eigenvalue weighted by atomic mass is 9.96. The molecule has 0 radical (unpaired) electrons. The molecule has 160 valence electrons. The smallest absolute Gasteiger partial charge is 0.328 e. The van der Waals surface area contributed by atoms with E-state index in [4.69, 9.17) is 24.0 Å². The van der Waals surface area contributed by atoms with Crippen LogP contribution in [-0.4, -0.2) is 36.0 Å². The molecule has 2 aromatic carbocycles. The highest BCUT2D eigenvalue weighted by molar-refractivity contribution is 7.51. The fraction of sp³-hybridized carbons (Fsp3) is 0.455. The summed E-state index contributed by atoms with van der Waals surface area (Å²) < 4.78 is 27.5. The highest BCUT2D eigenvalue weighted by Gasteiger charge is 2.13. The molecule has 0 amide bonds. The molecule has 0 unspecified atom stereocenters. The van der Waals surface area contributed by atoms with Gasteiger partial charge in [-0.25, -0.2) is 0 Å². The van der Waals surface area contributed by atoms with Gasteiger partial charge in [0.1, 0.15) is 11.5 Å². The third-order valence-corrected chi connectivity index (χ3v) is 5.15. The van der Waals surface area contributed by atoms with Gasteiger partial charge in [-0.2, -0.15) is 0 Å². The quantitative estimate of drug-likeness (QED) is 0.316. The number of hydrogen-bond donors (Lipinski definition) is 2. The van der Waals surface area contributed by atoms with Crippen molar-refractivity contribution in [3.05, 3.63) is 58.7 Å². The number of rotatable bonds is 11. The van der Waals surface area contributed by atoms with Crippen LogP contribution in [0.25, 0.3) is 0 Å². The van der Waals surface area contributed by atoms with E-state index < -0.39 is 7.60 Å². The maximum absolute atomic E-state index is 10.9. The molecule has 0 bridgehead atoms.